The van der Waals surface area contributed by atoms with Gasteiger partial charge in [-0.25, -0.2) is 0 Å². The minimum atomic E-state index is -0.0148. The molecule has 6 heteroatoms. The van der Waals surface area contributed by atoms with Crippen LogP contribution in [0.5, 0.6) is 11.5 Å². The van der Waals surface area contributed by atoms with Crippen molar-refractivity contribution < 1.29 is 10.2 Å². The standard InChI is InChI=1S/C13H10N4O2/c14-13-11-5-7(18)1-3-9(11)10-4-2-8(19)6-12(10)17(13)16-15/h1-6,14-15,18-19H. The van der Waals surface area contributed by atoms with Crippen LogP contribution in [0.1, 0.15) is 0 Å². The van der Waals surface area contributed by atoms with E-state index in [9.17, 15) is 10.2 Å². The van der Waals surface area contributed by atoms with Crippen molar-refractivity contribution >= 4 is 21.7 Å². The van der Waals surface area contributed by atoms with Crippen molar-refractivity contribution in [2.45, 2.75) is 0 Å². The quantitative estimate of drug-likeness (QED) is 0.395. The number of pyridine rings is 1. The Bertz CT molecular complexity index is 883. The fourth-order valence-corrected chi connectivity index (χ4v) is 2.22. The first-order chi connectivity index (χ1) is 9.11. The summed E-state index contributed by atoms with van der Waals surface area (Å²) in [5.41, 5.74) is 7.65. The Morgan fingerprint density at radius 3 is 2.21 bits per heavy atom. The summed E-state index contributed by atoms with van der Waals surface area (Å²) in [5.74, 6) is 0.0955. The molecular formula is C13H10N4O2. The average Bonchev–Trinajstić information content (AvgIpc) is 2.39. The average molecular weight is 254 g/mol. The molecule has 0 atom stereocenters. The van der Waals surface area contributed by atoms with Gasteiger partial charge in [0.25, 0.3) is 0 Å². The molecule has 3 aromatic rings. The molecular weight excluding hydrogens is 244 g/mol. The van der Waals surface area contributed by atoms with Gasteiger partial charge < -0.3 is 10.2 Å². The third-order valence-corrected chi connectivity index (χ3v) is 3.07. The van der Waals surface area contributed by atoms with Gasteiger partial charge >= 0.3 is 0 Å². The lowest BCUT2D eigenvalue weighted by atomic mass is 10.1. The molecule has 3 rings (SSSR count). The molecule has 1 aromatic heterocycles. The van der Waals surface area contributed by atoms with Crippen LogP contribution in [0.4, 0.5) is 0 Å². The highest BCUT2D eigenvalue weighted by molar-refractivity contribution is 6.06. The van der Waals surface area contributed by atoms with Crippen molar-refractivity contribution in [3.63, 3.8) is 0 Å². The number of fused-ring (bicyclic) bond motifs is 3. The van der Waals surface area contributed by atoms with E-state index in [4.69, 9.17) is 10.9 Å². The van der Waals surface area contributed by atoms with Gasteiger partial charge in [0.15, 0.2) is 5.49 Å². The molecule has 0 saturated heterocycles. The zero-order valence-corrected chi connectivity index (χ0v) is 9.75. The van der Waals surface area contributed by atoms with E-state index in [2.05, 4.69) is 5.22 Å². The van der Waals surface area contributed by atoms with E-state index in [1.807, 2.05) is 0 Å². The van der Waals surface area contributed by atoms with E-state index < -0.39 is 0 Å². The minimum Gasteiger partial charge on any atom is -0.508 e. The summed E-state index contributed by atoms with van der Waals surface area (Å²) in [7, 11) is 0. The van der Waals surface area contributed by atoms with Crippen molar-refractivity contribution in [1.82, 2.24) is 4.68 Å². The Labute approximate surface area is 107 Å². The van der Waals surface area contributed by atoms with Gasteiger partial charge in [0.1, 0.15) is 11.5 Å². The van der Waals surface area contributed by atoms with Crippen molar-refractivity contribution in [3.05, 3.63) is 41.9 Å². The normalized spacial score (nSPS) is 10.9. The molecule has 0 aliphatic carbocycles. The number of aromatic nitrogens is 1. The van der Waals surface area contributed by atoms with Crippen molar-refractivity contribution in [2.75, 3.05) is 0 Å². The van der Waals surface area contributed by atoms with Gasteiger partial charge in [0.2, 0.25) is 0 Å². The van der Waals surface area contributed by atoms with Gasteiger partial charge in [0, 0.05) is 16.8 Å². The molecule has 6 nitrogen and oxygen atoms in total. The van der Waals surface area contributed by atoms with Crippen LogP contribution < -0.4 is 5.49 Å². The van der Waals surface area contributed by atoms with Crippen LogP contribution in [0.25, 0.3) is 21.7 Å². The molecule has 2 aromatic carbocycles. The predicted molar refractivity (Wildman–Crippen MR) is 69.2 cm³/mol. The first-order valence-corrected chi connectivity index (χ1v) is 5.54. The summed E-state index contributed by atoms with van der Waals surface area (Å²) in [6.45, 7) is 0. The zero-order valence-electron chi connectivity index (χ0n) is 9.75. The number of aromatic hydroxyl groups is 2. The highest BCUT2D eigenvalue weighted by Crippen LogP contribution is 2.27. The van der Waals surface area contributed by atoms with Crippen LogP contribution in [0.15, 0.2) is 41.6 Å². The summed E-state index contributed by atoms with van der Waals surface area (Å²) in [6, 6.07) is 9.40. The van der Waals surface area contributed by atoms with Crippen LogP contribution in [0.2, 0.25) is 0 Å². The summed E-state index contributed by atoms with van der Waals surface area (Å²) >= 11 is 0. The highest BCUT2D eigenvalue weighted by Gasteiger charge is 2.09. The van der Waals surface area contributed by atoms with Crippen LogP contribution in [0.3, 0.4) is 0 Å². The number of hydrogen-bond donors (Lipinski definition) is 4. The van der Waals surface area contributed by atoms with Gasteiger partial charge in [-0.1, -0.05) is 5.22 Å². The van der Waals surface area contributed by atoms with E-state index in [1.165, 1.54) is 24.3 Å². The van der Waals surface area contributed by atoms with E-state index >= 15 is 0 Å². The molecule has 0 aliphatic heterocycles. The third-order valence-electron chi connectivity index (χ3n) is 3.07. The number of rotatable bonds is 1. The molecule has 4 N–H and O–H groups in total. The summed E-state index contributed by atoms with van der Waals surface area (Å²) < 4.78 is 1.11. The van der Waals surface area contributed by atoms with Crippen molar-refractivity contribution in [2.24, 2.45) is 5.22 Å². The Morgan fingerprint density at radius 2 is 1.53 bits per heavy atom. The third kappa shape index (κ3) is 1.54. The van der Waals surface area contributed by atoms with Crippen LogP contribution in [-0.4, -0.2) is 14.9 Å². The van der Waals surface area contributed by atoms with Gasteiger partial charge in [0.05, 0.1) is 5.52 Å². The van der Waals surface area contributed by atoms with E-state index in [-0.39, 0.29) is 17.0 Å². The fourth-order valence-electron chi connectivity index (χ4n) is 2.22. The summed E-state index contributed by atoms with van der Waals surface area (Å²) in [5, 5.41) is 32.4. The second-order valence-electron chi connectivity index (χ2n) is 4.19. The topological polar surface area (TPSA) is 105 Å². The number of phenols is 2. The van der Waals surface area contributed by atoms with Crippen molar-refractivity contribution in [1.29, 1.82) is 10.9 Å². The molecule has 0 radical (unpaired) electrons. The van der Waals surface area contributed by atoms with Gasteiger partial charge in [-0.15, -0.1) is 0 Å². The van der Waals surface area contributed by atoms with Gasteiger partial charge in [-0.2, -0.15) is 10.2 Å². The lowest BCUT2D eigenvalue weighted by molar-refractivity contribution is 0.475. The van der Waals surface area contributed by atoms with E-state index in [0.29, 0.717) is 10.9 Å². The number of benzene rings is 2. The van der Waals surface area contributed by atoms with E-state index in [0.717, 1.165) is 15.4 Å². The number of phenolic OH excluding ortho intramolecular Hbond substituents is 2. The monoisotopic (exact) mass is 254 g/mol. The zero-order chi connectivity index (χ0) is 13.6. The predicted octanol–water partition coefficient (Wildman–Crippen LogP) is 2.48. The molecule has 19 heavy (non-hydrogen) atoms. The Morgan fingerprint density at radius 1 is 0.895 bits per heavy atom. The molecule has 0 bridgehead atoms. The van der Waals surface area contributed by atoms with Crippen LogP contribution in [0, 0.1) is 10.9 Å². The number of hydrogen-bond acceptors (Lipinski definition) is 5. The lowest BCUT2D eigenvalue weighted by Crippen LogP contribution is -2.16. The minimum absolute atomic E-state index is 0.0148. The summed E-state index contributed by atoms with van der Waals surface area (Å²) in [6.07, 6.45) is 0. The highest BCUT2D eigenvalue weighted by atomic mass is 16.3. The largest absolute Gasteiger partial charge is 0.508 e. The second kappa shape index (κ2) is 3.81. The SMILES string of the molecule is N=Nn1c(=N)c2cc(O)ccc2c2ccc(O)cc21. The van der Waals surface area contributed by atoms with Gasteiger partial charge in [-0.05, 0) is 35.7 Å². The maximum atomic E-state index is 9.54. The number of nitrogens with zero attached hydrogens (tertiary/aromatic N) is 2. The molecule has 0 saturated carbocycles. The Kier molecular flexibility index (Phi) is 2.25. The van der Waals surface area contributed by atoms with Gasteiger partial charge in [-0.3, -0.25) is 5.41 Å². The number of nitrogens with one attached hydrogen (secondary N) is 2. The molecule has 0 unspecified atom stereocenters. The molecule has 1 heterocycles. The molecule has 0 aliphatic rings. The maximum absolute atomic E-state index is 9.54. The summed E-state index contributed by atoms with van der Waals surface area (Å²) in [4.78, 5) is 0. The Balaban J connectivity index is 2.68. The molecule has 0 fully saturated rings. The Hall–Kier alpha value is -2.89. The first-order valence-electron chi connectivity index (χ1n) is 5.54. The molecule has 0 amide bonds. The van der Waals surface area contributed by atoms with Crippen LogP contribution >= 0.6 is 0 Å². The fraction of sp³-hybridized carbons (Fsp3) is 0. The van der Waals surface area contributed by atoms with Crippen molar-refractivity contribution in [3.8, 4) is 11.5 Å². The molecule has 94 valence electrons. The van der Waals surface area contributed by atoms with E-state index in [1.54, 1.807) is 12.1 Å². The smallest absolute Gasteiger partial charge is 0.156 e. The first kappa shape index (κ1) is 11.2. The molecule has 0 spiro atoms. The van der Waals surface area contributed by atoms with Crippen LogP contribution in [-0.2, 0) is 0 Å². The maximum Gasteiger partial charge on any atom is 0.156 e. The second-order valence-corrected chi connectivity index (χ2v) is 4.19. The lowest BCUT2D eigenvalue weighted by Gasteiger charge is -2.09.